The van der Waals surface area contributed by atoms with E-state index in [1.807, 2.05) is 13.8 Å². The van der Waals surface area contributed by atoms with E-state index in [1.165, 1.54) is 23.8 Å². The number of fused-ring (bicyclic) bond motifs is 1. The van der Waals surface area contributed by atoms with Gasteiger partial charge in [-0.2, -0.15) is 8.42 Å². The van der Waals surface area contributed by atoms with Gasteiger partial charge in [-0.3, -0.25) is 4.79 Å². The van der Waals surface area contributed by atoms with E-state index in [4.69, 9.17) is 8.92 Å². The lowest BCUT2D eigenvalue weighted by Gasteiger charge is -2.34. The molecule has 0 aromatic heterocycles. The van der Waals surface area contributed by atoms with Crippen LogP contribution in [0.15, 0.2) is 11.8 Å². The summed E-state index contributed by atoms with van der Waals surface area (Å²) in [6.45, 7) is 3.85. The molecule has 0 unspecified atom stereocenters. The molecule has 1 saturated heterocycles. The zero-order chi connectivity index (χ0) is 16.0. The number of ether oxygens (including phenoxy) is 1. The van der Waals surface area contributed by atoms with Gasteiger partial charge >= 0.3 is 16.1 Å². The maximum Gasteiger partial charge on any atom is 0.340 e. The molecule has 7 nitrogen and oxygen atoms in total. The summed E-state index contributed by atoms with van der Waals surface area (Å²) in [5.74, 6) is -1.02. The third-order valence-electron chi connectivity index (χ3n) is 3.36. The Kier molecular flexibility index (Phi) is 4.00. The Morgan fingerprint density at radius 3 is 2.62 bits per heavy atom. The van der Waals surface area contributed by atoms with E-state index in [1.54, 1.807) is 0 Å². The Balaban J connectivity index is 2.51. The number of esters is 1. The molecule has 2 rings (SSSR count). The lowest BCUT2D eigenvalue weighted by Crippen LogP contribution is -2.56. The highest BCUT2D eigenvalue weighted by Crippen LogP contribution is 2.48. The number of methoxy groups -OCH3 is 1. The number of rotatable bonds is 4. The number of amides is 1. The predicted octanol–water partition coefficient (Wildman–Crippen LogP) is 0.329. The van der Waals surface area contributed by atoms with Crippen molar-refractivity contribution >= 4 is 33.8 Å². The van der Waals surface area contributed by atoms with Crippen molar-refractivity contribution < 1.29 is 26.9 Å². The van der Waals surface area contributed by atoms with E-state index in [-0.39, 0.29) is 22.8 Å². The third-order valence-corrected chi connectivity index (χ3v) is 5.53. The molecule has 1 fully saturated rings. The van der Waals surface area contributed by atoms with Crippen molar-refractivity contribution in [2.75, 3.05) is 19.1 Å². The van der Waals surface area contributed by atoms with Crippen molar-refractivity contribution in [1.82, 2.24) is 4.90 Å². The summed E-state index contributed by atoms with van der Waals surface area (Å²) in [7, 11) is -2.65. The van der Waals surface area contributed by atoms with Crippen LogP contribution in [0.25, 0.3) is 0 Å². The van der Waals surface area contributed by atoms with Crippen LogP contribution in [-0.2, 0) is 28.6 Å². The Hall–Kier alpha value is -1.22. The summed E-state index contributed by atoms with van der Waals surface area (Å²) < 4.78 is 32.5. The average Bonchev–Trinajstić information content (AvgIpc) is 2.86. The van der Waals surface area contributed by atoms with Crippen LogP contribution in [0.2, 0.25) is 0 Å². The van der Waals surface area contributed by atoms with Gasteiger partial charge in [0, 0.05) is 11.8 Å². The third kappa shape index (κ3) is 2.52. The minimum atomic E-state index is -3.85. The van der Waals surface area contributed by atoms with Crippen molar-refractivity contribution in [3.8, 4) is 0 Å². The fraction of sp³-hybridized carbons (Fsp3) is 0.667. The zero-order valence-electron chi connectivity index (χ0n) is 12.2. The number of hydrogen-bond donors (Lipinski definition) is 0. The van der Waals surface area contributed by atoms with Gasteiger partial charge in [-0.25, -0.2) is 4.79 Å². The molecule has 0 aromatic rings. The molecule has 9 heteroatoms. The number of carbonyl (C=O) groups excluding carboxylic acids is 2. The molecular formula is C12H17NO6S2. The average molecular weight is 335 g/mol. The SMILES string of the molecule is COC(=O)[C@]12CS[C@H](C(C)C)N1C(=O)C=C2OS(C)(=O)=O. The van der Waals surface area contributed by atoms with Gasteiger partial charge in [-0.15, -0.1) is 11.8 Å². The molecule has 2 aliphatic rings. The van der Waals surface area contributed by atoms with Crippen LogP contribution in [0.1, 0.15) is 13.8 Å². The fourth-order valence-corrected chi connectivity index (χ4v) is 4.69. The highest BCUT2D eigenvalue weighted by Gasteiger charge is 2.63. The van der Waals surface area contributed by atoms with E-state index in [9.17, 15) is 18.0 Å². The summed E-state index contributed by atoms with van der Waals surface area (Å²) in [6.07, 6.45) is 1.93. The number of thioether (sulfide) groups is 1. The highest BCUT2D eigenvalue weighted by molar-refractivity contribution is 8.00. The topological polar surface area (TPSA) is 90.0 Å². The van der Waals surface area contributed by atoms with E-state index in [2.05, 4.69) is 0 Å². The molecule has 0 aliphatic carbocycles. The van der Waals surface area contributed by atoms with E-state index in [0.717, 1.165) is 12.3 Å². The minimum Gasteiger partial charge on any atom is -0.467 e. The molecule has 21 heavy (non-hydrogen) atoms. The van der Waals surface area contributed by atoms with Crippen molar-refractivity contribution in [1.29, 1.82) is 0 Å². The van der Waals surface area contributed by atoms with Crippen LogP contribution in [0.4, 0.5) is 0 Å². The summed E-state index contributed by atoms with van der Waals surface area (Å²) in [6, 6.07) is 0. The first-order chi connectivity index (χ1) is 9.63. The highest BCUT2D eigenvalue weighted by atomic mass is 32.2. The molecular weight excluding hydrogens is 318 g/mol. The minimum absolute atomic E-state index is 0.0939. The number of nitrogens with zero attached hydrogens (tertiary/aromatic N) is 1. The first-order valence-corrected chi connectivity index (χ1v) is 9.15. The predicted molar refractivity (Wildman–Crippen MR) is 76.7 cm³/mol. The summed E-state index contributed by atoms with van der Waals surface area (Å²) in [5, 5.41) is -0.242. The molecule has 0 N–H and O–H groups in total. The molecule has 2 atom stereocenters. The van der Waals surface area contributed by atoms with Crippen molar-refractivity contribution in [3.63, 3.8) is 0 Å². The fourth-order valence-electron chi connectivity index (χ4n) is 2.55. The molecule has 118 valence electrons. The Morgan fingerprint density at radius 1 is 1.52 bits per heavy atom. The van der Waals surface area contributed by atoms with Gasteiger partial charge in [0.05, 0.1) is 18.7 Å². The molecule has 2 aliphatic heterocycles. The van der Waals surface area contributed by atoms with Gasteiger partial charge in [-0.1, -0.05) is 13.8 Å². The maximum atomic E-state index is 12.3. The first-order valence-electron chi connectivity index (χ1n) is 6.28. The lowest BCUT2D eigenvalue weighted by molar-refractivity contribution is -0.155. The van der Waals surface area contributed by atoms with Gasteiger partial charge in [-0.05, 0) is 5.92 Å². The molecule has 0 radical (unpaired) electrons. The smallest absolute Gasteiger partial charge is 0.340 e. The quantitative estimate of drug-likeness (QED) is 0.540. The van der Waals surface area contributed by atoms with Gasteiger partial charge in [0.15, 0.2) is 5.76 Å². The Bertz CT molecular complexity index is 611. The van der Waals surface area contributed by atoms with Crippen LogP contribution in [-0.4, -0.2) is 55.2 Å². The van der Waals surface area contributed by atoms with Gasteiger partial charge in [0.25, 0.3) is 5.91 Å². The Morgan fingerprint density at radius 2 is 2.14 bits per heavy atom. The molecule has 0 saturated carbocycles. The van der Waals surface area contributed by atoms with E-state index in [0.29, 0.717) is 0 Å². The second-order valence-electron chi connectivity index (χ2n) is 5.30. The van der Waals surface area contributed by atoms with Crippen LogP contribution in [0, 0.1) is 5.92 Å². The zero-order valence-corrected chi connectivity index (χ0v) is 13.8. The van der Waals surface area contributed by atoms with Gasteiger partial charge in [0.1, 0.15) is 0 Å². The van der Waals surface area contributed by atoms with Crippen LogP contribution in [0.3, 0.4) is 0 Å². The standard InChI is InChI=1S/C12H17NO6S2/c1-7(2)10-13-9(14)5-8(19-21(4,16)17)12(13,6-20-10)11(15)18-3/h5,7,10H,6H2,1-4H3/t10-,12-/m1/s1. The van der Waals surface area contributed by atoms with E-state index < -0.39 is 27.5 Å². The van der Waals surface area contributed by atoms with Crippen LogP contribution in [0.5, 0.6) is 0 Å². The molecule has 1 amide bonds. The summed E-state index contributed by atoms with van der Waals surface area (Å²) in [5.41, 5.74) is -1.49. The second-order valence-corrected chi connectivity index (χ2v) is 7.98. The number of hydrogen-bond acceptors (Lipinski definition) is 7. The van der Waals surface area contributed by atoms with Crippen molar-refractivity contribution in [2.45, 2.75) is 24.8 Å². The van der Waals surface area contributed by atoms with Crippen LogP contribution >= 0.6 is 11.8 Å². The van der Waals surface area contributed by atoms with E-state index >= 15 is 0 Å². The van der Waals surface area contributed by atoms with Gasteiger partial charge in [0.2, 0.25) is 5.54 Å². The molecule has 0 bridgehead atoms. The second kappa shape index (κ2) is 5.20. The van der Waals surface area contributed by atoms with Crippen LogP contribution < -0.4 is 0 Å². The normalized spacial score (nSPS) is 28.6. The van der Waals surface area contributed by atoms with Gasteiger partial charge < -0.3 is 13.8 Å². The largest absolute Gasteiger partial charge is 0.467 e. The first kappa shape index (κ1) is 16.2. The van der Waals surface area contributed by atoms with Crippen molar-refractivity contribution in [3.05, 3.63) is 11.8 Å². The monoisotopic (exact) mass is 335 g/mol. The molecule has 0 spiro atoms. The Labute approximate surface area is 127 Å². The summed E-state index contributed by atoms with van der Waals surface area (Å²) in [4.78, 5) is 25.9. The van der Waals surface area contributed by atoms with Crippen molar-refractivity contribution in [2.24, 2.45) is 5.92 Å². The maximum absolute atomic E-state index is 12.3. The summed E-state index contributed by atoms with van der Waals surface area (Å²) >= 11 is 1.41. The number of carbonyl (C=O) groups is 2. The molecule has 2 heterocycles. The lowest BCUT2D eigenvalue weighted by atomic mass is 9.99. The molecule has 0 aromatic carbocycles.